The zero-order valence-corrected chi connectivity index (χ0v) is 9.76. The summed E-state index contributed by atoms with van der Waals surface area (Å²) in [5, 5.41) is 1.10. The van der Waals surface area contributed by atoms with Gasteiger partial charge in [0, 0.05) is 18.1 Å². The molecule has 2 heteroatoms. The van der Waals surface area contributed by atoms with Gasteiger partial charge in [0.1, 0.15) is 0 Å². The molecule has 0 bridgehead atoms. The van der Waals surface area contributed by atoms with Crippen molar-refractivity contribution in [2.45, 2.75) is 32.6 Å². The molecular formula is C12H20ClN. The molecule has 0 spiro atoms. The van der Waals surface area contributed by atoms with E-state index in [9.17, 15) is 0 Å². The molecule has 14 heavy (non-hydrogen) atoms. The highest BCUT2D eigenvalue weighted by Gasteiger charge is 2.33. The minimum atomic E-state index is 0.851. The molecule has 0 saturated carbocycles. The zero-order valence-electron chi connectivity index (χ0n) is 9.01. The minimum absolute atomic E-state index is 0.851. The van der Waals surface area contributed by atoms with Crippen LogP contribution in [-0.2, 0) is 0 Å². The number of likely N-dealkylation sites (tertiary alicyclic amines) is 1. The van der Waals surface area contributed by atoms with Crippen LogP contribution in [0.25, 0.3) is 0 Å². The van der Waals surface area contributed by atoms with Gasteiger partial charge < -0.3 is 4.90 Å². The van der Waals surface area contributed by atoms with Crippen molar-refractivity contribution < 1.29 is 0 Å². The summed E-state index contributed by atoms with van der Waals surface area (Å²) in [6, 6.07) is 0. The quantitative estimate of drug-likeness (QED) is 0.696. The van der Waals surface area contributed by atoms with Gasteiger partial charge in [-0.3, -0.25) is 0 Å². The molecule has 2 aliphatic rings. The molecule has 1 aliphatic carbocycles. The van der Waals surface area contributed by atoms with Crippen molar-refractivity contribution in [1.29, 1.82) is 0 Å². The zero-order chi connectivity index (χ0) is 9.97. The van der Waals surface area contributed by atoms with Crippen LogP contribution >= 0.6 is 11.6 Å². The predicted molar refractivity (Wildman–Crippen MR) is 61.5 cm³/mol. The average Bonchev–Trinajstić information content (AvgIpc) is 2.56. The highest BCUT2D eigenvalue weighted by molar-refractivity contribution is 6.29. The van der Waals surface area contributed by atoms with Crippen LogP contribution in [0.2, 0.25) is 0 Å². The van der Waals surface area contributed by atoms with E-state index in [1.165, 1.54) is 38.9 Å². The standard InChI is InChI=1S/C12H20ClN/c1-2-3-6-14-8-10-4-5-12(13)7-11(10)9-14/h5,10-11H,2-4,6-9H2,1H3/t10-,11-/m1/s1. The molecule has 1 fully saturated rings. The van der Waals surface area contributed by atoms with E-state index < -0.39 is 0 Å². The van der Waals surface area contributed by atoms with Gasteiger partial charge >= 0.3 is 0 Å². The van der Waals surface area contributed by atoms with E-state index in [4.69, 9.17) is 11.6 Å². The van der Waals surface area contributed by atoms with Gasteiger partial charge in [-0.25, -0.2) is 0 Å². The Morgan fingerprint density at radius 1 is 1.43 bits per heavy atom. The number of rotatable bonds is 3. The number of allylic oxidation sites excluding steroid dienone is 2. The summed E-state index contributed by atoms with van der Waals surface area (Å²) in [5.74, 6) is 1.75. The summed E-state index contributed by atoms with van der Waals surface area (Å²) in [6.07, 6.45) is 7.23. The Morgan fingerprint density at radius 2 is 2.21 bits per heavy atom. The largest absolute Gasteiger partial charge is 0.303 e. The fourth-order valence-electron chi connectivity index (χ4n) is 2.71. The summed E-state index contributed by atoms with van der Waals surface area (Å²) in [4.78, 5) is 2.63. The molecule has 1 heterocycles. The molecule has 2 rings (SSSR count). The Labute approximate surface area is 92.1 Å². The number of unbranched alkanes of at least 4 members (excludes halogenated alkanes) is 1. The van der Waals surface area contributed by atoms with Crippen LogP contribution in [-0.4, -0.2) is 24.5 Å². The van der Waals surface area contributed by atoms with Gasteiger partial charge in [0.15, 0.2) is 0 Å². The highest BCUT2D eigenvalue weighted by atomic mass is 35.5. The van der Waals surface area contributed by atoms with Crippen LogP contribution in [0.3, 0.4) is 0 Å². The molecule has 0 aromatic rings. The molecule has 1 nitrogen and oxygen atoms in total. The molecule has 0 aromatic carbocycles. The number of halogens is 1. The normalized spacial score (nSPS) is 32.9. The van der Waals surface area contributed by atoms with E-state index in [1.807, 2.05) is 0 Å². The number of hydrogen-bond donors (Lipinski definition) is 0. The molecule has 1 saturated heterocycles. The monoisotopic (exact) mass is 213 g/mol. The van der Waals surface area contributed by atoms with Crippen molar-refractivity contribution in [3.05, 3.63) is 11.1 Å². The van der Waals surface area contributed by atoms with Crippen LogP contribution in [0.5, 0.6) is 0 Å². The van der Waals surface area contributed by atoms with Crippen molar-refractivity contribution >= 4 is 11.6 Å². The number of nitrogens with zero attached hydrogens (tertiary/aromatic N) is 1. The number of fused-ring (bicyclic) bond motifs is 1. The molecule has 80 valence electrons. The van der Waals surface area contributed by atoms with Crippen LogP contribution in [0.4, 0.5) is 0 Å². The summed E-state index contributed by atoms with van der Waals surface area (Å²) in [6.45, 7) is 6.16. The van der Waals surface area contributed by atoms with Crippen molar-refractivity contribution in [3.63, 3.8) is 0 Å². The van der Waals surface area contributed by atoms with Gasteiger partial charge in [-0.05, 0) is 37.6 Å². The smallest absolute Gasteiger partial charge is 0.0144 e. The Balaban J connectivity index is 1.84. The predicted octanol–water partition coefficient (Wildman–Crippen LogP) is 3.25. The van der Waals surface area contributed by atoms with Crippen molar-refractivity contribution in [2.75, 3.05) is 19.6 Å². The minimum Gasteiger partial charge on any atom is -0.303 e. The van der Waals surface area contributed by atoms with Crippen LogP contribution in [0, 0.1) is 11.8 Å². The third-order valence-electron chi connectivity index (χ3n) is 3.58. The third kappa shape index (κ3) is 2.32. The Bertz CT molecular complexity index is 224. The lowest BCUT2D eigenvalue weighted by molar-refractivity contribution is 0.316. The SMILES string of the molecule is CCCCN1C[C@H]2CC=C(Cl)C[C@@H]2C1. The van der Waals surface area contributed by atoms with Gasteiger partial charge in [-0.15, -0.1) is 0 Å². The first-order valence-corrected chi connectivity index (χ1v) is 6.24. The van der Waals surface area contributed by atoms with Crippen molar-refractivity contribution in [1.82, 2.24) is 4.90 Å². The van der Waals surface area contributed by atoms with Crippen molar-refractivity contribution in [3.8, 4) is 0 Å². The highest BCUT2D eigenvalue weighted by Crippen LogP contribution is 2.36. The maximum absolute atomic E-state index is 6.08. The summed E-state index contributed by atoms with van der Waals surface area (Å²) in [7, 11) is 0. The van der Waals surface area contributed by atoms with Crippen LogP contribution in [0.15, 0.2) is 11.1 Å². The summed E-state index contributed by atoms with van der Waals surface area (Å²) < 4.78 is 0. The Morgan fingerprint density at radius 3 is 3.00 bits per heavy atom. The Hall–Kier alpha value is -0.0100. The molecule has 1 aliphatic heterocycles. The van der Waals surface area contributed by atoms with E-state index in [0.717, 1.165) is 23.3 Å². The fourth-order valence-corrected chi connectivity index (χ4v) is 3.00. The lowest BCUT2D eigenvalue weighted by atomic mass is 9.86. The van der Waals surface area contributed by atoms with Gasteiger partial charge in [0.05, 0.1) is 0 Å². The summed E-state index contributed by atoms with van der Waals surface area (Å²) in [5.41, 5.74) is 0. The molecule has 0 aromatic heterocycles. The average molecular weight is 214 g/mol. The topological polar surface area (TPSA) is 3.24 Å². The third-order valence-corrected chi connectivity index (χ3v) is 3.89. The molecule has 0 N–H and O–H groups in total. The van der Waals surface area contributed by atoms with Crippen LogP contribution in [0.1, 0.15) is 32.6 Å². The lowest BCUT2D eigenvalue weighted by Crippen LogP contribution is -2.21. The fraction of sp³-hybridized carbons (Fsp3) is 0.833. The lowest BCUT2D eigenvalue weighted by Gasteiger charge is -2.20. The van der Waals surface area contributed by atoms with Gasteiger partial charge in [-0.1, -0.05) is 31.0 Å². The Kier molecular flexibility index (Phi) is 3.51. The van der Waals surface area contributed by atoms with E-state index in [1.54, 1.807) is 0 Å². The molecule has 0 unspecified atom stereocenters. The van der Waals surface area contributed by atoms with Crippen LogP contribution < -0.4 is 0 Å². The summed E-state index contributed by atoms with van der Waals surface area (Å²) >= 11 is 6.08. The van der Waals surface area contributed by atoms with E-state index in [2.05, 4.69) is 17.9 Å². The second-order valence-electron chi connectivity index (χ2n) is 4.72. The van der Waals surface area contributed by atoms with E-state index in [0.29, 0.717) is 0 Å². The first kappa shape index (κ1) is 10.5. The first-order chi connectivity index (χ1) is 6.79. The molecular weight excluding hydrogens is 194 g/mol. The maximum Gasteiger partial charge on any atom is 0.0144 e. The van der Waals surface area contributed by atoms with Gasteiger partial charge in [-0.2, -0.15) is 0 Å². The number of hydrogen-bond acceptors (Lipinski definition) is 1. The first-order valence-electron chi connectivity index (χ1n) is 5.86. The molecule has 2 atom stereocenters. The van der Waals surface area contributed by atoms with Crippen molar-refractivity contribution in [2.24, 2.45) is 11.8 Å². The molecule has 0 amide bonds. The second kappa shape index (κ2) is 4.67. The van der Waals surface area contributed by atoms with Gasteiger partial charge in [0.25, 0.3) is 0 Å². The molecule has 0 radical (unpaired) electrons. The second-order valence-corrected chi connectivity index (χ2v) is 5.21. The van der Waals surface area contributed by atoms with E-state index in [-0.39, 0.29) is 0 Å². The van der Waals surface area contributed by atoms with Gasteiger partial charge in [0.2, 0.25) is 0 Å². The maximum atomic E-state index is 6.08. The van der Waals surface area contributed by atoms with E-state index >= 15 is 0 Å².